The maximum Gasteiger partial charge on any atom is 0.416 e. The summed E-state index contributed by atoms with van der Waals surface area (Å²) in [5.41, 5.74) is 1.66. The first kappa shape index (κ1) is 19.5. The quantitative estimate of drug-likeness (QED) is 0.685. The van der Waals surface area contributed by atoms with Gasteiger partial charge in [-0.15, -0.1) is 0 Å². The summed E-state index contributed by atoms with van der Waals surface area (Å²) < 4.78 is 41.1. The predicted molar refractivity (Wildman–Crippen MR) is 104 cm³/mol. The fraction of sp³-hybridized carbons (Fsp3) is 0.143. The number of nitrogens with one attached hydrogen (secondary N) is 1. The molecule has 1 unspecified atom stereocenters. The van der Waals surface area contributed by atoms with Gasteiger partial charge in [-0.25, -0.2) is 4.98 Å². The monoisotopic (exact) mass is 411 g/mol. The van der Waals surface area contributed by atoms with Crippen molar-refractivity contribution in [2.24, 2.45) is 0 Å². The van der Waals surface area contributed by atoms with E-state index in [9.17, 15) is 18.3 Å². The number of benzene rings is 2. The van der Waals surface area contributed by atoms with Gasteiger partial charge in [0.05, 0.1) is 17.2 Å². The fourth-order valence-corrected chi connectivity index (χ4v) is 3.39. The van der Waals surface area contributed by atoms with Gasteiger partial charge in [0.15, 0.2) is 5.82 Å². The Balaban J connectivity index is 1.74. The lowest BCUT2D eigenvalue weighted by molar-refractivity contribution is -0.137. The Bertz CT molecular complexity index is 1160. The lowest BCUT2D eigenvalue weighted by atomic mass is 10.1. The zero-order chi connectivity index (χ0) is 21.5. The number of aliphatic hydroxyl groups is 1. The zero-order valence-corrected chi connectivity index (χ0v) is 15.7. The third-order valence-corrected chi connectivity index (χ3v) is 4.83. The molecule has 152 valence electrons. The normalized spacial score (nSPS) is 16.5. The minimum Gasteiger partial charge on any atom is -0.356 e. The number of anilines is 1. The van der Waals surface area contributed by atoms with E-state index in [-0.39, 0.29) is 5.69 Å². The van der Waals surface area contributed by atoms with E-state index in [1.54, 1.807) is 48.1 Å². The number of hydrogen-bond donors (Lipinski definition) is 2. The van der Waals surface area contributed by atoms with E-state index in [1.807, 2.05) is 0 Å². The minimum absolute atomic E-state index is 0.203. The van der Waals surface area contributed by atoms with Gasteiger partial charge < -0.3 is 15.3 Å². The van der Waals surface area contributed by atoms with Crippen LogP contribution in [0.1, 0.15) is 23.9 Å². The highest BCUT2D eigenvalue weighted by Crippen LogP contribution is 2.36. The Labute approximate surface area is 170 Å². The second kappa shape index (κ2) is 7.24. The highest BCUT2D eigenvalue weighted by Gasteiger charge is 2.34. The molecule has 3 aromatic rings. The molecule has 9 heteroatoms. The zero-order valence-electron chi connectivity index (χ0n) is 15.7. The number of hydrogen-bond acceptors (Lipinski definition) is 5. The van der Waals surface area contributed by atoms with Crippen molar-refractivity contribution >= 4 is 11.4 Å². The molecule has 1 aromatic heterocycles. The van der Waals surface area contributed by atoms with E-state index in [0.29, 0.717) is 22.8 Å². The summed E-state index contributed by atoms with van der Waals surface area (Å²) in [6.07, 6.45) is -2.44. The second-order valence-electron chi connectivity index (χ2n) is 6.68. The molecule has 2 aromatic carbocycles. The number of nitriles is 1. The molecule has 0 amide bonds. The standard InChI is InChI=1S/C21H16F3N5O/c1-13-18(19-26-9-10-28(19)16-7-5-14(12-25)6-8-16)27-20(30)29(13)17-4-2-3-15(11-17)21(22,23)24/h2-11,20,27,30H,1H3. The van der Waals surface area contributed by atoms with Gasteiger partial charge in [0.25, 0.3) is 0 Å². The van der Waals surface area contributed by atoms with Crippen molar-refractivity contribution in [2.75, 3.05) is 4.90 Å². The average molecular weight is 411 g/mol. The lowest BCUT2D eigenvalue weighted by Gasteiger charge is -2.24. The first-order valence-corrected chi connectivity index (χ1v) is 8.96. The number of nitrogens with zero attached hydrogens (tertiary/aromatic N) is 4. The van der Waals surface area contributed by atoms with Gasteiger partial charge in [0, 0.05) is 29.5 Å². The van der Waals surface area contributed by atoms with Crippen LogP contribution in [0.2, 0.25) is 0 Å². The molecule has 0 aliphatic carbocycles. The molecule has 0 spiro atoms. The highest BCUT2D eigenvalue weighted by atomic mass is 19.4. The summed E-state index contributed by atoms with van der Waals surface area (Å²) in [6, 6.07) is 13.7. The van der Waals surface area contributed by atoms with Crippen LogP contribution >= 0.6 is 0 Å². The molecule has 6 nitrogen and oxygen atoms in total. The number of aliphatic hydroxyl groups excluding tert-OH is 1. The topological polar surface area (TPSA) is 77.1 Å². The highest BCUT2D eigenvalue weighted by molar-refractivity contribution is 5.73. The van der Waals surface area contributed by atoms with Crippen molar-refractivity contribution < 1.29 is 18.3 Å². The number of allylic oxidation sites excluding steroid dienone is 1. The maximum absolute atomic E-state index is 13.1. The van der Waals surface area contributed by atoms with Crippen LogP contribution in [0.25, 0.3) is 11.4 Å². The van der Waals surface area contributed by atoms with Crippen molar-refractivity contribution in [1.29, 1.82) is 5.26 Å². The third-order valence-electron chi connectivity index (χ3n) is 4.83. The fourth-order valence-electron chi connectivity index (χ4n) is 3.39. The van der Waals surface area contributed by atoms with Crippen molar-refractivity contribution in [3.8, 4) is 11.8 Å². The van der Waals surface area contributed by atoms with Crippen molar-refractivity contribution in [3.63, 3.8) is 0 Å². The van der Waals surface area contributed by atoms with Gasteiger partial charge >= 0.3 is 6.18 Å². The number of halogens is 3. The Hall–Kier alpha value is -3.77. The first-order valence-electron chi connectivity index (χ1n) is 8.96. The van der Waals surface area contributed by atoms with Crippen LogP contribution in [-0.4, -0.2) is 21.0 Å². The van der Waals surface area contributed by atoms with Crippen LogP contribution in [0, 0.1) is 11.3 Å². The van der Waals surface area contributed by atoms with Crippen LogP contribution in [0.4, 0.5) is 18.9 Å². The average Bonchev–Trinajstić information content (AvgIpc) is 3.31. The van der Waals surface area contributed by atoms with Crippen LogP contribution in [0.15, 0.2) is 66.6 Å². The SMILES string of the molecule is CC1=C(c2nccn2-c2ccc(C#N)cc2)NC(O)N1c1cccc(C(F)(F)F)c1. The molecule has 2 heterocycles. The number of aromatic nitrogens is 2. The van der Waals surface area contributed by atoms with Gasteiger partial charge in [0.1, 0.15) is 5.70 Å². The summed E-state index contributed by atoms with van der Waals surface area (Å²) in [4.78, 5) is 5.72. The van der Waals surface area contributed by atoms with Gasteiger partial charge in [-0.1, -0.05) is 6.07 Å². The molecule has 0 fully saturated rings. The summed E-state index contributed by atoms with van der Waals surface area (Å²) in [5, 5.41) is 22.4. The lowest BCUT2D eigenvalue weighted by Crippen LogP contribution is -2.36. The molecule has 0 saturated heterocycles. The maximum atomic E-state index is 13.1. The van der Waals surface area contributed by atoms with E-state index in [0.717, 1.165) is 17.8 Å². The largest absolute Gasteiger partial charge is 0.416 e. The molecular formula is C21H16F3N5O. The van der Waals surface area contributed by atoms with Crippen molar-refractivity contribution in [1.82, 2.24) is 14.9 Å². The molecule has 0 radical (unpaired) electrons. The van der Waals surface area contributed by atoms with Gasteiger partial charge in [-0.3, -0.25) is 4.57 Å². The smallest absolute Gasteiger partial charge is 0.356 e. The molecule has 1 aliphatic heterocycles. The molecule has 1 aliphatic rings. The molecule has 30 heavy (non-hydrogen) atoms. The van der Waals surface area contributed by atoms with E-state index < -0.39 is 18.1 Å². The summed E-state index contributed by atoms with van der Waals surface area (Å²) in [6.45, 7) is 1.69. The molecule has 2 N–H and O–H groups in total. The predicted octanol–water partition coefficient (Wildman–Crippen LogP) is 3.84. The summed E-state index contributed by atoms with van der Waals surface area (Å²) >= 11 is 0. The minimum atomic E-state index is -4.49. The number of alkyl halides is 3. The van der Waals surface area contributed by atoms with Crippen molar-refractivity contribution in [3.05, 3.63) is 83.6 Å². The Kier molecular flexibility index (Phi) is 4.72. The Morgan fingerprint density at radius 2 is 1.87 bits per heavy atom. The van der Waals surface area contributed by atoms with Crippen LogP contribution in [-0.2, 0) is 6.18 Å². The molecule has 4 rings (SSSR count). The van der Waals surface area contributed by atoms with E-state index in [2.05, 4.69) is 16.4 Å². The molecule has 1 atom stereocenters. The summed E-state index contributed by atoms with van der Waals surface area (Å²) in [5.74, 6) is 0.478. The number of rotatable bonds is 3. The van der Waals surface area contributed by atoms with Gasteiger partial charge in [0.2, 0.25) is 6.35 Å². The Morgan fingerprint density at radius 1 is 1.13 bits per heavy atom. The van der Waals surface area contributed by atoms with Gasteiger partial charge in [-0.05, 0) is 49.4 Å². The van der Waals surface area contributed by atoms with E-state index >= 15 is 0 Å². The van der Waals surface area contributed by atoms with Crippen LogP contribution in [0.5, 0.6) is 0 Å². The van der Waals surface area contributed by atoms with E-state index in [4.69, 9.17) is 5.26 Å². The van der Waals surface area contributed by atoms with Crippen LogP contribution in [0.3, 0.4) is 0 Å². The van der Waals surface area contributed by atoms with Crippen LogP contribution < -0.4 is 10.2 Å². The van der Waals surface area contributed by atoms with Crippen molar-refractivity contribution in [2.45, 2.75) is 19.5 Å². The molecule has 0 saturated carbocycles. The third kappa shape index (κ3) is 3.38. The first-order chi connectivity index (χ1) is 14.3. The second-order valence-corrected chi connectivity index (χ2v) is 6.68. The molecule has 0 bridgehead atoms. The molecular weight excluding hydrogens is 395 g/mol. The Morgan fingerprint density at radius 3 is 2.53 bits per heavy atom. The van der Waals surface area contributed by atoms with Gasteiger partial charge in [-0.2, -0.15) is 18.4 Å². The summed E-state index contributed by atoms with van der Waals surface area (Å²) in [7, 11) is 0. The number of imidazole rings is 1. The van der Waals surface area contributed by atoms with E-state index in [1.165, 1.54) is 17.0 Å².